The van der Waals surface area contributed by atoms with Gasteiger partial charge in [0.25, 0.3) is 0 Å². The van der Waals surface area contributed by atoms with Gasteiger partial charge in [0.1, 0.15) is 6.61 Å². The molecule has 0 heterocycles. The smallest absolute Gasteiger partial charge is 0.464 e. The van der Waals surface area contributed by atoms with Crippen molar-refractivity contribution < 1.29 is 31.1 Å². The molecule has 1 rings (SSSR count). The van der Waals surface area contributed by atoms with Gasteiger partial charge in [-0.2, -0.15) is 13.2 Å². The first kappa shape index (κ1) is 25.4. The summed E-state index contributed by atoms with van der Waals surface area (Å²) < 4.78 is 67.3. The molecule has 0 bridgehead atoms. The number of esters is 1. The Bertz CT molecular complexity index is 804. The first-order chi connectivity index (χ1) is 12.3. The lowest BCUT2D eigenvalue weighted by Gasteiger charge is -2.18. The zero-order chi connectivity index (χ0) is 21.0. The van der Waals surface area contributed by atoms with Crippen LogP contribution in [0.5, 0.6) is 0 Å². The Morgan fingerprint density at radius 1 is 1.30 bits per heavy atom. The van der Waals surface area contributed by atoms with Crippen molar-refractivity contribution in [3.05, 3.63) is 22.3 Å². The number of nitrogens with two attached hydrogens (primary N) is 1. The largest absolute Gasteiger partial charge is 0.511 e. The molecule has 0 radical (unpaired) electrons. The molecule has 27 heavy (non-hydrogen) atoms. The molecule has 6 nitrogen and oxygen atoms in total. The zero-order valence-electron chi connectivity index (χ0n) is 13.9. The van der Waals surface area contributed by atoms with E-state index in [1.54, 1.807) is 6.92 Å². The number of carbonyl (C=O) groups excluding carboxylic acids is 1. The number of rotatable bonds is 8. The highest BCUT2D eigenvalue weighted by Crippen LogP contribution is 2.31. The van der Waals surface area contributed by atoms with Gasteiger partial charge in [-0.3, -0.25) is 4.79 Å². The number of ether oxygens (including phenoxy) is 1. The summed E-state index contributed by atoms with van der Waals surface area (Å²) in [7, 11) is -5.45. The number of nitrogen functional groups attached to an aromatic ring is 1. The molecule has 1 aromatic rings. The number of hydrogen-bond acceptors (Lipinski definition) is 5. The van der Waals surface area contributed by atoms with E-state index >= 15 is 0 Å². The van der Waals surface area contributed by atoms with Gasteiger partial charge in [-0.25, -0.2) is 13.1 Å². The van der Waals surface area contributed by atoms with Gasteiger partial charge in [0, 0.05) is 17.3 Å². The van der Waals surface area contributed by atoms with Gasteiger partial charge in [0.2, 0.25) is 0 Å². The van der Waals surface area contributed by atoms with Crippen molar-refractivity contribution >= 4 is 89.5 Å². The monoisotopic (exact) mass is 746 g/mol. The normalized spacial score (nSPS) is 13.4. The molecule has 154 valence electrons. The second-order valence-electron chi connectivity index (χ2n) is 5.37. The maximum atomic E-state index is 12.2. The maximum absolute atomic E-state index is 12.2. The summed E-state index contributed by atoms with van der Waals surface area (Å²) in [5.41, 5.74) is 2.15. The number of carbonyl (C=O) groups is 1. The molecule has 0 saturated carbocycles. The molecule has 0 aliphatic heterocycles. The number of anilines is 1. The lowest BCUT2D eigenvalue weighted by atomic mass is 9.97. The molecule has 13 heteroatoms. The number of halogens is 6. The summed E-state index contributed by atoms with van der Waals surface area (Å²) in [5, 5.41) is 0. The molecule has 0 fully saturated rings. The molecule has 0 saturated heterocycles. The minimum Gasteiger partial charge on any atom is -0.464 e. The highest BCUT2D eigenvalue weighted by molar-refractivity contribution is 14.1. The fraction of sp³-hybridized carbons (Fsp3) is 0.500. The zero-order valence-corrected chi connectivity index (χ0v) is 21.2. The van der Waals surface area contributed by atoms with E-state index in [2.05, 4.69) is 67.8 Å². The van der Waals surface area contributed by atoms with Crippen LogP contribution in [0.25, 0.3) is 0 Å². The van der Waals surface area contributed by atoms with Gasteiger partial charge in [-0.05, 0) is 92.2 Å². The minimum absolute atomic E-state index is 0.362. The summed E-state index contributed by atoms with van der Waals surface area (Å²) in [6, 6.07) is 1.90. The molecule has 1 aromatic carbocycles. The van der Waals surface area contributed by atoms with E-state index in [1.807, 2.05) is 6.07 Å². The average molecular weight is 746 g/mol. The molecule has 0 aliphatic rings. The lowest BCUT2D eigenvalue weighted by molar-refractivity contribution is -0.148. The summed E-state index contributed by atoms with van der Waals surface area (Å²) in [4.78, 5) is 12.2. The van der Waals surface area contributed by atoms with E-state index in [0.717, 1.165) is 16.3 Å². The van der Waals surface area contributed by atoms with Crippen molar-refractivity contribution in [1.82, 2.24) is 4.72 Å². The molecule has 0 aliphatic carbocycles. The Labute approximate surface area is 196 Å². The average Bonchev–Trinajstić information content (AvgIpc) is 2.55. The number of sulfonamides is 1. The molecule has 3 N–H and O–H groups in total. The van der Waals surface area contributed by atoms with Crippen LogP contribution >= 0.6 is 67.8 Å². The second kappa shape index (κ2) is 10.4. The van der Waals surface area contributed by atoms with Crippen LogP contribution < -0.4 is 10.5 Å². The Hall–Kier alpha value is 0.380. The van der Waals surface area contributed by atoms with Crippen LogP contribution in [0.1, 0.15) is 18.9 Å². The third-order valence-electron chi connectivity index (χ3n) is 3.52. The van der Waals surface area contributed by atoms with Crippen LogP contribution in [0.3, 0.4) is 0 Å². The number of benzene rings is 1. The van der Waals surface area contributed by atoms with Gasteiger partial charge in [0.05, 0.1) is 11.6 Å². The Kier molecular flexibility index (Phi) is 9.81. The first-order valence-electron chi connectivity index (χ1n) is 7.46. The van der Waals surface area contributed by atoms with Crippen molar-refractivity contribution in [2.75, 3.05) is 18.9 Å². The van der Waals surface area contributed by atoms with E-state index < -0.39 is 40.6 Å². The molecule has 1 atom stereocenters. The van der Waals surface area contributed by atoms with E-state index in [9.17, 15) is 26.4 Å². The van der Waals surface area contributed by atoms with E-state index in [-0.39, 0.29) is 0 Å². The first-order valence-corrected chi connectivity index (χ1v) is 12.2. The molecular weight excluding hydrogens is 730 g/mol. The minimum atomic E-state index is -5.45. The Morgan fingerprint density at radius 3 is 2.41 bits per heavy atom. The van der Waals surface area contributed by atoms with Gasteiger partial charge in [-0.1, -0.05) is 6.92 Å². The van der Waals surface area contributed by atoms with Crippen LogP contribution in [0.15, 0.2) is 6.07 Å². The fourth-order valence-corrected chi connectivity index (χ4v) is 6.33. The molecule has 0 amide bonds. The predicted molar refractivity (Wildman–Crippen MR) is 120 cm³/mol. The predicted octanol–water partition coefficient (Wildman–Crippen LogP) is 3.63. The topological polar surface area (TPSA) is 98.5 Å². The number of alkyl halides is 3. The van der Waals surface area contributed by atoms with Gasteiger partial charge in [-0.15, -0.1) is 0 Å². The van der Waals surface area contributed by atoms with Crippen molar-refractivity contribution in [3.63, 3.8) is 0 Å². The summed E-state index contributed by atoms with van der Waals surface area (Å²) in [6.07, 6.45) is 0.812. The fourth-order valence-electron chi connectivity index (χ4n) is 2.00. The SMILES string of the molecule is CCC(Cc1c(I)cc(I)c(N)c1I)C(=O)OCCNS(=O)(=O)C(F)(F)F. The van der Waals surface area contributed by atoms with Crippen LogP contribution in [0.4, 0.5) is 18.9 Å². The van der Waals surface area contributed by atoms with Gasteiger partial charge < -0.3 is 10.5 Å². The lowest BCUT2D eigenvalue weighted by Crippen LogP contribution is -2.38. The van der Waals surface area contributed by atoms with Gasteiger partial charge in [0.15, 0.2) is 0 Å². The Balaban J connectivity index is 2.71. The van der Waals surface area contributed by atoms with Crippen LogP contribution in [-0.4, -0.2) is 33.0 Å². The van der Waals surface area contributed by atoms with Crippen molar-refractivity contribution in [3.8, 4) is 0 Å². The quantitative estimate of drug-likeness (QED) is 0.184. The van der Waals surface area contributed by atoms with Crippen LogP contribution in [0, 0.1) is 16.6 Å². The van der Waals surface area contributed by atoms with Crippen LogP contribution in [0.2, 0.25) is 0 Å². The maximum Gasteiger partial charge on any atom is 0.511 e. The van der Waals surface area contributed by atoms with Gasteiger partial charge >= 0.3 is 21.5 Å². The summed E-state index contributed by atoms with van der Waals surface area (Å²) >= 11 is 6.38. The summed E-state index contributed by atoms with van der Waals surface area (Å²) in [6.45, 7) is 0.636. The molecule has 0 aromatic heterocycles. The van der Waals surface area contributed by atoms with E-state index in [4.69, 9.17) is 10.5 Å². The van der Waals surface area contributed by atoms with Crippen molar-refractivity contribution in [1.29, 1.82) is 0 Å². The number of hydrogen-bond donors (Lipinski definition) is 2. The third-order valence-corrected chi connectivity index (χ3v) is 7.80. The highest BCUT2D eigenvalue weighted by Gasteiger charge is 2.45. The van der Waals surface area contributed by atoms with Crippen molar-refractivity contribution in [2.45, 2.75) is 25.3 Å². The standard InChI is InChI=1S/C14H16F3I3N2O4S/c1-2-7(5-8-9(18)6-10(19)12(21)11(8)20)13(23)26-4-3-22-27(24,25)14(15,16)17/h6-7,22H,2-5,21H2,1H3. The van der Waals surface area contributed by atoms with Crippen LogP contribution in [-0.2, 0) is 26.0 Å². The number of nitrogens with one attached hydrogen (secondary N) is 1. The molecule has 1 unspecified atom stereocenters. The summed E-state index contributed by atoms with van der Waals surface area (Å²) in [5.74, 6) is -1.13. The molecular formula is C14H16F3I3N2O4S. The second-order valence-corrected chi connectivity index (χ2v) is 10.5. The Morgan fingerprint density at radius 2 is 1.89 bits per heavy atom. The third kappa shape index (κ3) is 6.98. The van der Waals surface area contributed by atoms with Crippen molar-refractivity contribution in [2.24, 2.45) is 5.92 Å². The van der Waals surface area contributed by atoms with E-state index in [0.29, 0.717) is 18.5 Å². The molecule has 0 spiro atoms. The van der Waals surface area contributed by atoms with E-state index in [1.165, 1.54) is 4.72 Å². The highest BCUT2D eigenvalue weighted by atomic mass is 127.